The number of benzene rings is 1. The van der Waals surface area contributed by atoms with Crippen molar-refractivity contribution in [1.82, 2.24) is 19.6 Å². The number of nitrogens with zero attached hydrogens (tertiary/aromatic N) is 4. The van der Waals surface area contributed by atoms with Gasteiger partial charge in [0.1, 0.15) is 5.84 Å². The highest BCUT2D eigenvalue weighted by molar-refractivity contribution is 6.30. The molecule has 0 radical (unpaired) electrons. The van der Waals surface area contributed by atoms with Crippen molar-refractivity contribution in [3.05, 3.63) is 71.8 Å². The molecule has 3 aromatic rings. The number of carbonyl (C=O) groups excluding carboxylic acids is 2. The lowest BCUT2D eigenvalue weighted by atomic mass is 10.0. The number of aliphatic imine (C=N–C) groups is 1. The van der Waals surface area contributed by atoms with Gasteiger partial charge < -0.3 is 20.4 Å². The number of carbonyl (C=O) groups is 2. The van der Waals surface area contributed by atoms with Crippen LogP contribution in [0.3, 0.4) is 0 Å². The van der Waals surface area contributed by atoms with Crippen LogP contribution in [0, 0.1) is 0 Å². The zero-order valence-corrected chi connectivity index (χ0v) is 20.5. The van der Waals surface area contributed by atoms with Crippen molar-refractivity contribution >= 4 is 34.8 Å². The first-order valence-corrected chi connectivity index (χ1v) is 12.1. The van der Waals surface area contributed by atoms with Crippen LogP contribution < -0.4 is 11.1 Å². The highest BCUT2D eigenvalue weighted by Crippen LogP contribution is 2.37. The molecule has 1 aliphatic heterocycles. The van der Waals surface area contributed by atoms with Crippen molar-refractivity contribution in [2.45, 2.75) is 43.4 Å². The molecule has 1 atom stereocenters. The maximum atomic E-state index is 13.0. The van der Waals surface area contributed by atoms with Gasteiger partial charge in [-0.1, -0.05) is 29.8 Å². The lowest BCUT2D eigenvalue weighted by Crippen LogP contribution is -2.52. The van der Waals surface area contributed by atoms with E-state index in [9.17, 15) is 22.8 Å². The van der Waals surface area contributed by atoms with Crippen molar-refractivity contribution in [3.63, 3.8) is 0 Å². The molecule has 12 heteroatoms. The molecule has 0 bridgehead atoms. The Hall–Kier alpha value is -3.60. The van der Waals surface area contributed by atoms with E-state index in [1.165, 1.54) is 0 Å². The first kappa shape index (κ1) is 26.5. The third kappa shape index (κ3) is 6.40. The molecule has 0 spiro atoms. The molecule has 2 amide bonds. The van der Waals surface area contributed by atoms with Crippen LogP contribution in [-0.2, 0) is 4.79 Å². The fourth-order valence-electron chi connectivity index (χ4n) is 4.14. The molecule has 2 aliphatic rings. The standard InChI is InChI=1S/C19H21F3N6O2.C6H5Cl/c20-19(21,22)17(30)26-18(5-6-18)16(23)25-12-3-1-7-27(10-12)15(29)13-4-2-8-28-11-24-9-14(13)28;7-6-4-2-1-3-5-6/h2,4,8-9,11-12H,1,3,5-7,10H2,(H2,23,25)(H,26,30);1-5H. The minimum Gasteiger partial charge on any atom is -0.385 e. The van der Waals surface area contributed by atoms with Crippen LogP contribution in [0.25, 0.3) is 5.52 Å². The van der Waals surface area contributed by atoms with Gasteiger partial charge in [-0.25, -0.2) is 4.98 Å². The summed E-state index contributed by atoms with van der Waals surface area (Å²) >= 11 is 5.54. The van der Waals surface area contributed by atoms with E-state index in [4.69, 9.17) is 17.3 Å². The Morgan fingerprint density at radius 2 is 1.89 bits per heavy atom. The third-order valence-corrected chi connectivity index (χ3v) is 6.52. The summed E-state index contributed by atoms with van der Waals surface area (Å²) in [5.74, 6) is -2.20. The van der Waals surface area contributed by atoms with E-state index in [2.05, 4.69) is 9.98 Å². The number of alkyl halides is 3. The van der Waals surface area contributed by atoms with Gasteiger partial charge >= 0.3 is 12.1 Å². The second-order valence-electron chi connectivity index (χ2n) is 9.00. The molecule has 3 N–H and O–H groups in total. The van der Waals surface area contributed by atoms with Gasteiger partial charge in [0, 0.05) is 24.3 Å². The summed E-state index contributed by atoms with van der Waals surface area (Å²) in [5.41, 5.74) is 5.96. The Balaban J connectivity index is 0.000000396. The van der Waals surface area contributed by atoms with Gasteiger partial charge in [0.25, 0.3) is 5.91 Å². The van der Waals surface area contributed by atoms with Crippen LogP contribution in [-0.4, -0.2) is 62.8 Å². The maximum absolute atomic E-state index is 13.0. The van der Waals surface area contributed by atoms with E-state index in [0.29, 0.717) is 49.9 Å². The number of amidine groups is 1. The van der Waals surface area contributed by atoms with Gasteiger partial charge in [0.05, 0.1) is 35.2 Å². The molecule has 3 heterocycles. The maximum Gasteiger partial charge on any atom is 0.471 e. The van der Waals surface area contributed by atoms with Crippen LogP contribution in [0.2, 0.25) is 5.02 Å². The molecule has 1 aliphatic carbocycles. The second-order valence-corrected chi connectivity index (χ2v) is 9.44. The molecule has 1 aromatic carbocycles. The summed E-state index contributed by atoms with van der Waals surface area (Å²) in [6, 6.07) is 12.6. The lowest BCUT2D eigenvalue weighted by molar-refractivity contribution is -0.174. The Morgan fingerprint density at radius 1 is 1.16 bits per heavy atom. The molecule has 1 unspecified atom stereocenters. The van der Waals surface area contributed by atoms with Crippen LogP contribution in [0.1, 0.15) is 36.0 Å². The summed E-state index contributed by atoms with van der Waals surface area (Å²) in [6.07, 6.45) is 2.02. The summed E-state index contributed by atoms with van der Waals surface area (Å²) in [4.78, 5) is 34.4. The Morgan fingerprint density at radius 3 is 2.51 bits per heavy atom. The van der Waals surface area contributed by atoms with Gasteiger partial charge in [-0.2, -0.15) is 13.2 Å². The highest BCUT2D eigenvalue weighted by atomic mass is 35.5. The number of halogens is 4. The number of nitrogens with one attached hydrogen (secondary N) is 1. The fourth-order valence-corrected chi connectivity index (χ4v) is 4.28. The van der Waals surface area contributed by atoms with Crippen molar-refractivity contribution in [2.24, 2.45) is 10.7 Å². The molecule has 2 fully saturated rings. The van der Waals surface area contributed by atoms with Gasteiger partial charge in [0.2, 0.25) is 0 Å². The Kier molecular flexibility index (Phi) is 7.72. The highest BCUT2D eigenvalue weighted by Gasteiger charge is 2.52. The molecule has 196 valence electrons. The van der Waals surface area contributed by atoms with E-state index in [0.717, 1.165) is 5.02 Å². The second kappa shape index (κ2) is 10.8. The van der Waals surface area contributed by atoms with Crippen molar-refractivity contribution in [3.8, 4) is 0 Å². The molecule has 37 heavy (non-hydrogen) atoms. The van der Waals surface area contributed by atoms with E-state index in [-0.39, 0.29) is 17.8 Å². The largest absolute Gasteiger partial charge is 0.471 e. The molecular weight excluding hydrogens is 509 g/mol. The minimum atomic E-state index is -4.97. The zero-order chi connectivity index (χ0) is 26.6. The number of hydrogen-bond acceptors (Lipinski definition) is 4. The molecule has 8 nitrogen and oxygen atoms in total. The van der Waals surface area contributed by atoms with E-state index in [1.54, 1.807) is 40.2 Å². The topological polar surface area (TPSA) is 105 Å². The van der Waals surface area contributed by atoms with Crippen molar-refractivity contribution in [2.75, 3.05) is 13.1 Å². The van der Waals surface area contributed by atoms with E-state index >= 15 is 0 Å². The number of fused-ring (bicyclic) bond motifs is 1. The summed E-state index contributed by atoms with van der Waals surface area (Å²) in [5, 5.41) is 2.76. The summed E-state index contributed by atoms with van der Waals surface area (Å²) in [7, 11) is 0. The quantitative estimate of drug-likeness (QED) is 0.392. The van der Waals surface area contributed by atoms with Crippen LogP contribution in [0.4, 0.5) is 13.2 Å². The average Bonchev–Trinajstić information content (AvgIpc) is 3.49. The average molecular weight is 535 g/mol. The van der Waals surface area contributed by atoms with Crippen molar-refractivity contribution in [1.29, 1.82) is 0 Å². The van der Waals surface area contributed by atoms with Crippen LogP contribution in [0.15, 0.2) is 66.2 Å². The van der Waals surface area contributed by atoms with Gasteiger partial charge in [-0.05, 0) is 49.9 Å². The van der Waals surface area contributed by atoms with Gasteiger partial charge in [-0.15, -0.1) is 0 Å². The number of rotatable bonds is 4. The Labute approximate surface area is 216 Å². The predicted octanol–water partition coefficient (Wildman–Crippen LogP) is 3.85. The van der Waals surface area contributed by atoms with Gasteiger partial charge in [-0.3, -0.25) is 14.6 Å². The number of amides is 2. The molecule has 2 aromatic heterocycles. The predicted molar refractivity (Wildman–Crippen MR) is 133 cm³/mol. The molecule has 1 saturated heterocycles. The number of piperidine rings is 1. The van der Waals surface area contributed by atoms with E-state index < -0.39 is 17.6 Å². The lowest BCUT2D eigenvalue weighted by Gasteiger charge is -2.32. The molecule has 5 rings (SSSR count). The Bertz CT molecular complexity index is 1290. The number of imidazole rings is 1. The van der Waals surface area contributed by atoms with Crippen LogP contribution in [0.5, 0.6) is 0 Å². The normalized spacial score (nSPS) is 19.1. The number of hydrogen-bond donors (Lipinski definition) is 2. The smallest absolute Gasteiger partial charge is 0.385 e. The van der Waals surface area contributed by atoms with E-state index in [1.807, 2.05) is 35.6 Å². The van der Waals surface area contributed by atoms with Gasteiger partial charge in [0.15, 0.2) is 0 Å². The number of pyridine rings is 1. The number of nitrogens with two attached hydrogens (primary N) is 1. The van der Waals surface area contributed by atoms with Crippen LogP contribution >= 0.6 is 11.6 Å². The summed E-state index contributed by atoms with van der Waals surface area (Å²) < 4.78 is 39.5. The number of aromatic nitrogens is 2. The SMILES string of the molecule is Clc1ccccc1.NC(=NC1CCCN(C(=O)c2cccn3cncc23)C1)C1(NC(=O)C(F)(F)F)CC1. The first-order valence-electron chi connectivity index (χ1n) is 11.7. The monoisotopic (exact) mass is 534 g/mol. The molecular formula is C25H26ClF3N6O2. The van der Waals surface area contributed by atoms with Crippen molar-refractivity contribution < 1.29 is 22.8 Å². The third-order valence-electron chi connectivity index (χ3n) is 6.27. The number of likely N-dealkylation sites (tertiary alicyclic amines) is 1. The first-order chi connectivity index (χ1) is 17.6. The molecule has 1 saturated carbocycles. The summed E-state index contributed by atoms with van der Waals surface area (Å²) in [6.45, 7) is 0.855. The minimum absolute atomic E-state index is 0.0164. The fraction of sp³-hybridized carbons (Fsp3) is 0.360. The zero-order valence-electron chi connectivity index (χ0n) is 19.8.